The smallest absolute Gasteiger partial charge is 0.306 e. The summed E-state index contributed by atoms with van der Waals surface area (Å²) in [5, 5.41) is 0. The molecule has 0 radical (unpaired) electrons. The molecule has 0 rings (SSSR count). The molecule has 68 heavy (non-hydrogen) atoms. The van der Waals surface area contributed by atoms with Gasteiger partial charge in [0.05, 0.1) is 27.7 Å². The van der Waals surface area contributed by atoms with Crippen molar-refractivity contribution in [1.29, 1.82) is 0 Å². The number of quaternary nitrogens is 1. The van der Waals surface area contributed by atoms with Gasteiger partial charge in [0.1, 0.15) is 19.8 Å². The highest BCUT2D eigenvalue weighted by molar-refractivity contribution is 7.45. The van der Waals surface area contributed by atoms with Crippen LogP contribution in [0.5, 0.6) is 0 Å². The molecule has 0 saturated heterocycles. The number of allylic oxidation sites excluding steroid dienone is 12. The van der Waals surface area contributed by atoms with Crippen LogP contribution in [0.25, 0.3) is 0 Å². The van der Waals surface area contributed by atoms with Crippen molar-refractivity contribution in [2.45, 2.75) is 238 Å². The van der Waals surface area contributed by atoms with Crippen molar-refractivity contribution >= 4 is 19.8 Å². The average Bonchev–Trinajstić information content (AvgIpc) is 3.30. The molecule has 0 aromatic carbocycles. The number of hydrogen-bond acceptors (Lipinski definition) is 8. The third kappa shape index (κ3) is 52.8. The Morgan fingerprint density at radius 2 is 0.838 bits per heavy atom. The molecule has 0 aliphatic carbocycles. The molecule has 0 aliphatic rings. The van der Waals surface area contributed by atoms with E-state index >= 15 is 0 Å². The topological polar surface area (TPSA) is 111 Å². The first-order chi connectivity index (χ1) is 33.0. The van der Waals surface area contributed by atoms with Crippen molar-refractivity contribution in [1.82, 2.24) is 0 Å². The van der Waals surface area contributed by atoms with Crippen molar-refractivity contribution in [2.24, 2.45) is 0 Å². The molecule has 0 bridgehead atoms. The maximum absolute atomic E-state index is 12.8. The lowest BCUT2D eigenvalue weighted by atomic mass is 10.0. The Kier molecular flexibility index (Phi) is 47.6. The molecule has 0 aromatic heterocycles. The highest BCUT2D eigenvalue weighted by Gasteiger charge is 2.21. The van der Waals surface area contributed by atoms with Gasteiger partial charge in [-0.2, -0.15) is 0 Å². The highest BCUT2D eigenvalue weighted by atomic mass is 31.2. The monoisotopic (exact) mass is 974 g/mol. The number of esters is 2. The molecule has 10 heteroatoms. The second-order valence-electron chi connectivity index (χ2n) is 19.6. The second kappa shape index (κ2) is 49.4. The van der Waals surface area contributed by atoms with Crippen molar-refractivity contribution in [3.05, 3.63) is 72.9 Å². The van der Waals surface area contributed by atoms with Gasteiger partial charge >= 0.3 is 11.9 Å². The molecule has 0 spiro atoms. The molecule has 0 fully saturated rings. The molecule has 2 atom stereocenters. The number of carbonyl (C=O) groups is 2. The average molecular weight is 974 g/mol. The van der Waals surface area contributed by atoms with E-state index in [1.807, 2.05) is 21.1 Å². The number of ether oxygens (including phenoxy) is 2. The van der Waals surface area contributed by atoms with Crippen LogP contribution in [-0.4, -0.2) is 70.0 Å². The van der Waals surface area contributed by atoms with Crippen LogP contribution in [0.15, 0.2) is 72.9 Å². The zero-order valence-corrected chi connectivity index (χ0v) is 45.4. The van der Waals surface area contributed by atoms with Crippen LogP contribution in [-0.2, 0) is 32.7 Å². The Hall–Kier alpha value is -2.55. The van der Waals surface area contributed by atoms with Gasteiger partial charge in [-0.1, -0.05) is 228 Å². The Bertz CT molecular complexity index is 1380. The van der Waals surface area contributed by atoms with E-state index < -0.39 is 26.5 Å². The summed E-state index contributed by atoms with van der Waals surface area (Å²) in [5.74, 6) is -0.831. The second-order valence-corrected chi connectivity index (χ2v) is 21.0. The third-order valence-corrected chi connectivity index (χ3v) is 12.7. The lowest BCUT2D eigenvalue weighted by Crippen LogP contribution is -2.37. The summed E-state index contributed by atoms with van der Waals surface area (Å²) in [6.45, 7) is 4.12. The van der Waals surface area contributed by atoms with Crippen LogP contribution in [0.3, 0.4) is 0 Å². The van der Waals surface area contributed by atoms with Gasteiger partial charge in [0.15, 0.2) is 6.10 Å². The van der Waals surface area contributed by atoms with E-state index in [4.69, 9.17) is 18.5 Å². The van der Waals surface area contributed by atoms with Gasteiger partial charge in [0.2, 0.25) is 0 Å². The largest absolute Gasteiger partial charge is 0.756 e. The molecule has 9 nitrogen and oxygen atoms in total. The van der Waals surface area contributed by atoms with E-state index in [1.54, 1.807) is 0 Å². The molecule has 0 aromatic rings. The number of rotatable bonds is 50. The fourth-order valence-corrected chi connectivity index (χ4v) is 8.21. The van der Waals surface area contributed by atoms with Gasteiger partial charge in [0.25, 0.3) is 7.82 Å². The lowest BCUT2D eigenvalue weighted by Gasteiger charge is -2.28. The first kappa shape index (κ1) is 65.5. The number of unbranched alkanes of at least 4 members (excludes halogenated alkanes) is 24. The van der Waals surface area contributed by atoms with Crippen LogP contribution in [0, 0.1) is 0 Å². The standard InChI is InChI=1S/C58H104NO8P/c1-6-8-10-12-14-16-18-19-20-21-22-23-24-25-26-27-28-29-30-31-32-33-34-35-36-37-38-39-41-43-45-47-49-51-58(61)67-56(55-66-68(62,63)65-53-52-59(3,4)5)54-64-57(60)50-48-46-44-42-40-17-15-13-11-9-7-2/h8,10,14,16,19-20,22-23,25-26,28-29,56H,6-7,9,11-13,15,17-18,21,24,27,30-55H2,1-5H3/b10-8-,16-14-,20-19-,23-22-,26-25-,29-28-. The molecule has 394 valence electrons. The molecular formula is C58H104NO8P. The number of phosphoric ester groups is 1. The van der Waals surface area contributed by atoms with E-state index in [-0.39, 0.29) is 32.0 Å². The minimum Gasteiger partial charge on any atom is -0.756 e. The number of phosphoric acid groups is 1. The Labute approximate surface area is 418 Å². The van der Waals surface area contributed by atoms with Crippen LogP contribution < -0.4 is 4.89 Å². The molecule has 0 N–H and O–H groups in total. The van der Waals surface area contributed by atoms with Crippen molar-refractivity contribution in [3.8, 4) is 0 Å². The molecule has 0 aliphatic heterocycles. The van der Waals surface area contributed by atoms with Crippen LogP contribution >= 0.6 is 7.82 Å². The predicted octanol–water partition coefficient (Wildman–Crippen LogP) is 16.3. The first-order valence-electron chi connectivity index (χ1n) is 27.6. The molecule has 2 unspecified atom stereocenters. The summed E-state index contributed by atoms with van der Waals surface area (Å²) in [6, 6.07) is 0. The van der Waals surface area contributed by atoms with Crippen LogP contribution in [0.4, 0.5) is 0 Å². The SMILES string of the molecule is CC/C=C\C/C=C\C/C=C\C/C=C\C/C=C\C/C=C\CCCCCCCCCCCCCCCCC(=O)OC(COC(=O)CCCCCCCCCCCCC)COP(=O)([O-])OCC[N+](C)(C)C. The number of hydrogen-bond donors (Lipinski definition) is 0. The third-order valence-electron chi connectivity index (χ3n) is 11.7. The van der Waals surface area contributed by atoms with Gasteiger partial charge in [-0.25, -0.2) is 0 Å². The number of carbonyl (C=O) groups excluding carboxylic acids is 2. The van der Waals surface area contributed by atoms with E-state index in [0.717, 1.165) is 77.0 Å². The normalized spacial score (nSPS) is 13.9. The summed E-state index contributed by atoms with van der Waals surface area (Å²) in [4.78, 5) is 37.7. The molecule has 0 amide bonds. The van der Waals surface area contributed by atoms with E-state index in [9.17, 15) is 19.0 Å². The van der Waals surface area contributed by atoms with Crippen molar-refractivity contribution in [2.75, 3.05) is 47.5 Å². The first-order valence-corrected chi connectivity index (χ1v) is 29.1. The van der Waals surface area contributed by atoms with E-state index in [1.165, 1.54) is 122 Å². The Morgan fingerprint density at radius 3 is 1.25 bits per heavy atom. The fourth-order valence-electron chi connectivity index (χ4n) is 7.48. The molecule has 0 saturated carbocycles. The van der Waals surface area contributed by atoms with E-state index in [2.05, 4.69) is 86.8 Å². The zero-order chi connectivity index (χ0) is 49.9. The summed E-state index contributed by atoms with van der Waals surface area (Å²) in [7, 11) is 1.17. The molecular weight excluding hydrogens is 870 g/mol. The maximum Gasteiger partial charge on any atom is 0.306 e. The summed E-state index contributed by atoms with van der Waals surface area (Å²) >= 11 is 0. The van der Waals surface area contributed by atoms with Gasteiger partial charge in [-0.3, -0.25) is 14.2 Å². The summed E-state index contributed by atoms with van der Waals surface area (Å²) in [6.07, 6.45) is 63.8. The van der Waals surface area contributed by atoms with Crippen molar-refractivity contribution in [3.63, 3.8) is 0 Å². The Balaban J connectivity index is 4.05. The van der Waals surface area contributed by atoms with Gasteiger partial charge in [-0.15, -0.1) is 0 Å². The van der Waals surface area contributed by atoms with Gasteiger partial charge in [-0.05, 0) is 64.2 Å². The summed E-state index contributed by atoms with van der Waals surface area (Å²) in [5.41, 5.74) is 0. The van der Waals surface area contributed by atoms with Gasteiger partial charge < -0.3 is 27.9 Å². The van der Waals surface area contributed by atoms with Crippen molar-refractivity contribution < 1.29 is 42.1 Å². The minimum atomic E-state index is -4.63. The Morgan fingerprint density at radius 1 is 0.471 bits per heavy atom. The summed E-state index contributed by atoms with van der Waals surface area (Å²) < 4.78 is 34.0. The predicted molar refractivity (Wildman–Crippen MR) is 286 cm³/mol. The van der Waals surface area contributed by atoms with Crippen LogP contribution in [0.1, 0.15) is 232 Å². The highest BCUT2D eigenvalue weighted by Crippen LogP contribution is 2.38. The number of nitrogens with zero attached hydrogens (tertiary/aromatic N) is 1. The minimum absolute atomic E-state index is 0.0313. The van der Waals surface area contributed by atoms with E-state index in [0.29, 0.717) is 17.4 Å². The van der Waals surface area contributed by atoms with Gasteiger partial charge in [0, 0.05) is 12.8 Å². The number of likely N-dealkylation sites (N-methyl/N-ethyl adjacent to an activating group) is 1. The quantitative estimate of drug-likeness (QED) is 0.0195. The fraction of sp³-hybridized carbons (Fsp3) is 0.759. The lowest BCUT2D eigenvalue weighted by molar-refractivity contribution is -0.870. The molecule has 0 heterocycles. The van der Waals surface area contributed by atoms with Crippen LogP contribution in [0.2, 0.25) is 0 Å². The zero-order valence-electron chi connectivity index (χ0n) is 44.5. The maximum atomic E-state index is 12.8.